The Labute approximate surface area is 119 Å². The summed E-state index contributed by atoms with van der Waals surface area (Å²) in [5.41, 5.74) is 6.83. The largest absolute Gasteiger partial charge is 0.256 e. The van der Waals surface area contributed by atoms with Crippen LogP contribution < -0.4 is 0 Å². The lowest BCUT2D eigenvalue weighted by atomic mass is 9.95. The van der Waals surface area contributed by atoms with Crippen LogP contribution in [0.1, 0.15) is 11.1 Å². The van der Waals surface area contributed by atoms with Crippen molar-refractivity contribution in [3.63, 3.8) is 0 Å². The molecule has 0 fully saturated rings. The smallest absolute Gasteiger partial charge is 0.0704 e. The third kappa shape index (κ3) is 2.32. The number of benzene rings is 1. The van der Waals surface area contributed by atoms with E-state index < -0.39 is 0 Å². The molecule has 2 nitrogen and oxygen atoms in total. The number of nitrogens with zero attached hydrogens (tertiary/aromatic N) is 2. The van der Waals surface area contributed by atoms with Crippen molar-refractivity contribution in [2.45, 2.75) is 13.8 Å². The Hall–Kier alpha value is -2.48. The summed E-state index contributed by atoms with van der Waals surface area (Å²) in [6.45, 7) is 4.27. The zero-order valence-corrected chi connectivity index (χ0v) is 11.7. The average Bonchev–Trinajstić information content (AvgIpc) is 2.51. The average molecular weight is 260 g/mol. The molecule has 0 bridgehead atoms. The van der Waals surface area contributed by atoms with Crippen LogP contribution in [0.15, 0.2) is 60.9 Å². The summed E-state index contributed by atoms with van der Waals surface area (Å²) < 4.78 is 0. The molecule has 3 rings (SSSR count). The lowest BCUT2D eigenvalue weighted by Gasteiger charge is -2.11. The first-order chi connectivity index (χ1) is 9.75. The molecule has 0 N–H and O–H groups in total. The predicted molar refractivity (Wildman–Crippen MR) is 82.4 cm³/mol. The van der Waals surface area contributed by atoms with Crippen LogP contribution >= 0.6 is 0 Å². The highest BCUT2D eigenvalue weighted by Crippen LogP contribution is 2.29. The van der Waals surface area contributed by atoms with E-state index in [9.17, 15) is 0 Å². The van der Waals surface area contributed by atoms with Crippen LogP contribution in [0.5, 0.6) is 0 Å². The van der Waals surface area contributed by atoms with E-state index in [4.69, 9.17) is 0 Å². The topological polar surface area (TPSA) is 25.8 Å². The fraction of sp³-hybridized carbons (Fsp3) is 0.111. The van der Waals surface area contributed by atoms with E-state index in [1.54, 1.807) is 0 Å². The lowest BCUT2D eigenvalue weighted by molar-refractivity contribution is 1.26. The van der Waals surface area contributed by atoms with E-state index in [0.717, 1.165) is 17.0 Å². The molecule has 0 unspecified atom stereocenters. The monoisotopic (exact) mass is 260 g/mol. The molecule has 2 aromatic heterocycles. The van der Waals surface area contributed by atoms with Gasteiger partial charge in [-0.1, -0.05) is 12.1 Å². The second kappa shape index (κ2) is 5.25. The number of aryl methyl sites for hydroxylation is 1. The first-order valence-corrected chi connectivity index (χ1v) is 6.70. The molecule has 0 radical (unpaired) electrons. The highest BCUT2D eigenvalue weighted by Gasteiger charge is 2.09. The Morgan fingerprint density at radius 1 is 0.750 bits per heavy atom. The van der Waals surface area contributed by atoms with E-state index in [0.29, 0.717) is 0 Å². The van der Waals surface area contributed by atoms with Gasteiger partial charge >= 0.3 is 0 Å². The number of pyridine rings is 2. The van der Waals surface area contributed by atoms with Crippen molar-refractivity contribution in [1.29, 1.82) is 0 Å². The van der Waals surface area contributed by atoms with Gasteiger partial charge in [-0.25, -0.2) is 0 Å². The zero-order valence-electron chi connectivity index (χ0n) is 11.7. The Kier molecular flexibility index (Phi) is 3.30. The van der Waals surface area contributed by atoms with Gasteiger partial charge in [0.25, 0.3) is 0 Å². The van der Waals surface area contributed by atoms with Gasteiger partial charge in [-0.2, -0.15) is 0 Å². The van der Waals surface area contributed by atoms with E-state index in [1.165, 1.54) is 16.7 Å². The maximum absolute atomic E-state index is 4.47. The van der Waals surface area contributed by atoms with Crippen LogP contribution in [0.4, 0.5) is 0 Å². The summed E-state index contributed by atoms with van der Waals surface area (Å²) in [6.07, 6.45) is 3.66. The van der Waals surface area contributed by atoms with Gasteiger partial charge in [0.2, 0.25) is 0 Å². The summed E-state index contributed by atoms with van der Waals surface area (Å²) in [6, 6.07) is 16.3. The second-order valence-corrected chi connectivity index (χ2v) is 4.90. The molecule has 0 aliphatic heterocycles. The van der Waals surface area contributed by atoms with E-state index in [2.05, 4.69) is 35.9 Å². The van der Waals surface area contributed by atoms with Crippen LogP contribution in [0.3, 0.4) is 0 Å². The molecule has 2 heterocycles. The van der Waals surface area contributed by atoms with Crippen LogP contribution in [0, 0.1) is 13.8 Å². The summed E-state index contributed by atoms with van der Waals surface area (Å²) in [7, 11) is 0. The van der Waals surface area contributed by atoms with Gasteiger partial charge in [-0.3, -0.25) is 9.97 Å². The molecule has 0 aliphatic carbocycles. The normalized spacial score (nSPS) is 10.5. The first-order valence-electron chi connectivity index (χ1n) is 6.70. The minimum absolute atomic E-state index is 0.993. The standard InChI is InChI=1S/C18H16N2/c1-13-11-15(17-7-3-5-9-19-17)12-16(14(13)2)18-8-4-6-10-20-18/h3-12H,1-2H3. The molecule has 0 spiro atoms. The quantitative estimate of drug-likeness (QED) is 0.681. The third-order valence-electron chi connectivity index (χ3n) is 3.57. The van der Waals surface area contributed by atoms with Gasteiger partial charge in [0.1, 0.15) is 0 Å². The van der Waals surface area contributed by atoms with Gasteiger partial charge in [0.15, 0.2) is 0 Å². The third-order valence-corrected chi connectivity index (χ3v) is 3.57. The first kappa shape index (κ1) is 12.5. The molecule has 0 amide bonds. The van der Waals surface area contributed by atoms with Crippen molar-refractivity contribution in [1.82, 2.24) is 9.97 Å². The van der Waals surface area contributed by atoms with E-state index >= 15 is 0 Å². The molecule has 0 saturated carbocycles. The van der Waals surface area contributed by atoms with Gasteiger partial charge in [0.05, 0.1) is 11.4 Å². The minimum atomic E-state index is 0.993. The molecule has 2 heteroatoms. The van der Waals surface area contributed by atoms with E-state index in [1.807, 2.05) is 48.8 Å². The molecule has 20 heavy (non-hydrogen) atoms. The van der Waals surface area contributed by atoms with Crippen molar-refractivity contribution in [2.75, 3.05) is 0 Å². The highest BCUT2D eigenvalue weighted by molar-refractivity contribution is 5.73. The molecule has 0 saturated heterocycles. The van der Waals surface area contributed by atoms with Gasteiger partial charge in [-0.05, 0) is 61.4 Å². The Morgan fingerprint density at radius 2 is 1.40 bits per heavy atom. The summed E-state index contributed by atoms with van der Waals surface area (Å²) in [4.78, 5) is 8.90. The van der Waals surface area contributed by atoms with Gasteiger partial charge in [0, 0.05) is 23.5 Å². The van der Waals surface area contributed by atoms with Crippen molar-refractivity contribution in [3.05, 3.63) is 72.1 Å². The summed E-state index contributed by atoms with van der Waals surface area (Å²) >= 11 is 0. The molecular weight excluding hydrogens is 244 g/mol. The Bertz CT molecular complexity index is 719. The Morgan fingerprint density at radius 3 is 2.00 bits per heavy atom. The van der Waals surface area contributed by atoms with Crippen LogP contribution in [0.25, 0.3) is 22.5 Å². The second-order valence-electron chi connectivity index (χ2n) is 4.90. The van der Waals surface area contributed by atoms with Gasteiger partial charge < -0.3 is 0 Å². The fourth-order valence-corrected chi connectivity index (χ4v) is 2.33. The fourth-order valence-electron chi connectivity index (χ4n) is 2.33. The van der Waals surface area contributed by atoms with Gasteiger partial charge in [-0.15, -0.1) is 0 Å². The van der Waals surface area contributed by atoms with E-state index in [-0.39, 0.29) is 0 Å². The molecule has 98 valence electrons. The number of hydrogen-bond acceptors (Lipinski definition) is 2. The predicted octanol–water partition coefficient (Wildman–Crippen LogP) is 4.43. The molecule has 1 aromatic carbocycles. The number of rotatable bonds is 2. The summed E-state index contributed by atoms with van der Waals surface area (Å²) in [5.74, 6) is 0. The zero-order chi connectivity index (χ0) is 13.9. The summed E-state index contributed by atoms with van der Waals surface area (Å²) in [5, 5.41) is 0. The van der Waals surface area contributed by atoms with Crippen LogP contribution in [-0.4, -0.2) is 9.97 Å². The van der Waals surface area contributed by atoms with Crippen molar-refractivity contribution in [3.8, 4) is 22.5 Å². The number of aromatic nitrogens is 2. The molecular formula is C18H16N2. The molecule has 3 aromatic rings. The lowest BCUT2D eigenvalue weighted by Crippen LogP contribution is -1.92. The SMILES string of the molecule is Cc1cc(-c2ccccn2)cc(-c2ccccn2)c1C. The molecule has 0 atom stereocenters. The maximum atomic E-state index is 4.47. The molecule has 0 aliphatic rings. The minimum Gasteiger partial charge on any atom is -0.256 e. The number of hydrogen-bond donors (Lipinski definition) is 0. The van der Waals surface area contributed by atoms with Crippen molar-refractivity contribution >= 4 is 0 Å². The van der Waals surface area contributed by atoms with Crippen LogP contribution in [0.2, 0.25) is 0 Å². The Balaban J connectivity index is 2.19. The van der Waals surface area contributed by atoms with Crippen molar-refractivity contribution < 1.29 is 0 Å². The maximum Gasteiger partial charge on any atom is 0.0704 e. The van der Waals surface area contributed by atoms with Crippen molar-refractivity contribution in [2.24, 2.45) is 0 Å². The van der Waals surface area contributed by atoms with Crippen LogP contribution in [-0.2, 0) is 0 Å². The highest BCUT2D eigenvalue weighted by atomic mass is 14.7.